The van der Waals surface area contributed by atoms with Crippen LogP contribution in [-0.2, 0) is 4.74 Å². The van der Waals surface area contributed by atoms with E-state index < -0.39 is 0 Å². The molecule has 1 heterocycles. The zero-order chi connectivity index (χ0) is 11.3. The average molecular weight is 230 g/mol. The second-order valence-corrected chi connectivity index (χ2v) is 4.00. The number of rotatable bonds is 5. The van der Waals surface area contributed by atoms with Gasteiger partial charge in [0.1, 0.15) is 5.82 Å². The van der Waals surface area contributed by atoms with Crippen molar-refractivity contribution in [3.63, 3.8) is 0 Å². The first-order valence-electron chi connectivity index (χ1n) is 4.87. The first-order chi connectivity index (χ1) is 7.13. The van der Waals surface area contributed by atoms with Crippen molar-refractivity contribution in [2.45, 2.75) is 19.9 Å². The third-order valence-electron chi connectivity index (χ3n) is 2.11. The highest BCUT2D eigenvalue weighted by Crippen LogP contribution is 2.11. The van der Waals surface area contributed by atoms with E-state index >= 15 is 0 Å². The Kier molecular flexibility index (Phi) is 4.78. The van der Waals surface area contributed by atoms with Crippen molar-refractivity contribution in [2.24, 2.45) is 5.92 Å². The molecule has 0 saturated heterocycles. The molecule has 4 nitrogen and oxygen atoms in total. The third-order valence-corrected chi connectivity index (χ3v) is 2.29. The van der Waals surface area contributed by atoms with Crippen LogP contribution in [0.3, 0.4) is 0 Å². The first-order valence-corrected chi connectivity index (χ1v) is 5.25. The summed E-state index contributed by atoms with van der Waals surface area (Å²) in [5.41, 5.74) is 0. The number of hydrogen-bond donors (Lipinski definition) is 1. The van der Waals surface area contributed by atoms with E-state index in [1.807, 2.05) is 0 Å². The number of anilines is 1. The summed E-state index contributed by atoms with van der Waals surface area (Å²) in [7, 11) is 1.68. The lowest BCUT2D eigenvalue weighted by Crippen LogP contribution is -2.30. The highest BCUT2D eigenvalue weighted by Gasteiger charge is 2.13. The molecule has 0 saturated carbocycles. The van der Waals surface area contributed by atoms with Gasteiger partial charge < -0.3 is 10.1 Å². The third kappa shape index (κ3) is 4.01. The van der Waals surface area contributed by atoms with Gasteiger partial charge in [0.05, 0.1) is 12.6 Å². The molecule has 0 spiro atoms. The minimum absolute atomic E-state index is 0.223. The van der Waals surface area contributed by atoms with E-state index in [-0.39, 0.29) is 11.3 Å². The van der Waals surface area contributed by atoms with Crippen LogP contribution in [0, 0.1) is 5.92 Å². The Labute approximate surface area is 95.0 Å². The van der Waals surface area contributed by atoms with E-state index in [0.717, 1.165) is 5.82 Å². The minimum Gasteiger partial charge on any atom is -0.383 e. The van der Waals surface area contributed by atoms with E-state index in [4.69, 9.17) is 16.3 Å². The van der Waals surface area contributed by atoms with Gasteiger partial charge in [-0.1, -0.05) is 13.8 Å². The molecule has 0 aliphatic rings. The summed E-state index contributed by atoms with van der Waals surface area (Å²) in [5, 5.41) is 3.51. The second kappa shape index (κ2) is 5.88. The van der Waals surface area contributed by atoms with Crippen LogP contribution >= 0.6 is 11.6 Å². The summed E-state index contributed by atoms with van der Waals surface area (Å²) in [4.78, 5) is 7.89. The molecule has 1 unspecified atom stereocenters. The largest absolute Gasteiger partial charge is 0.383 e. The topological polar surface area (TPSA) is 47.0 Å². The lowest BCUT2D eigenvalue weighted by molar-refractivity contribution is 0.171. The Morgan fingerprint density at radius 3 is 2.80 bits per heavy atom. The number of methoxy groups -OCH3 is 1. The molecule has 0 bridgehead atoms. The van der Waals surface area contributed by atoms with Crippen LogP contribution in [-0.4, -0.2) is 29.7 Å². The van der Waals surface area contributed by atoms with Gasteiger partial charge in [0.2, 0.25) is 5.28 Å². The van der Waals surface area contributed by atoms with E-state index in [9.17, 15) is 0 Å². The lowest BCUT2D eigenvalue weighted by Gasteiger charge is -2.21. The smallest absolute Gasteiger partial charge is 0.224 e. The van der Waals surface area contributed by atoms with Gasteiger partial charge in [0, 0.05) is 13.3 Å². The SMILES string of the molecule is COCC(Nc1ccnc(Cl)n1)C(C)C. The molecule has 0 amide bonds. The fourth-order valence-corrected chi connectivity index (χ4v) is 1.33. The zero-order valence-corrected chi connectivity index (χ0v) is 9.95. The van der Waals surface area contributed by atoms with Gasteiger partial charge >= 0.3 is 0 Å². The van der Waals surface area contributed by atoms with Gasteiger partial charge in [0.25, 0.3) is 0 Å². The molecule has 0 aliphatic carbocycles. The Bertz CT molecular complexity index is 306. The van der Waals surface area contributed by atoms with Gasteiger partial charge in [-0.05, 0) is 23.6 Å². The molecular formula is C10H16ClN3O. The van der Waals surface area contributed by atoms with Gasteiger partial charge in [-0.15, -0.1) is 0 Å². The number of ether oxygens (including phenoxy) is 1. The second-order valence-electron chi connectivity index (χ2n) is 3.66. The fraction of sp³-hybridized carbons (Fsp3) is 0.600. The van der Waals surface area contributed by atoms with Crippen molar-refractivity contribution in [2.75, 3.05) is 19.0 Å². The zero-order valence-electron chi connectivity index (χ0n) is 9.20. The van der Waals surface area contributed by atoms with Gasteiger partial charge in [-0.3, -0.25) is 0 Å². The highest BCUT2D eigenvalue weighted by atomic mass is 35.5. The summed E-state index contributed by atoms with van der Waals surface area (Å²) in [6.45, 7) is 4.89. The van der Waals surface area contributed by atoms with Gasteiger partial charge in [-0.25, -0.2) is 9.97 Å². The number of nitrogens with one attached hydrogen (secondary N) is 1. The standard InChI is InChI=1S/C10H16ClN3O/c1-7(2)8(6-15-3)13-9-4-5-12-10(11)14-9/h4-5,7-8H,6H2,1-3H3,(H,12,13,14). The predicted octanol–water partition coefficient (Wildman–Crippen LogP) is 2.21. The van der Waals surface area contributed by atoms with E-state index in [1.54, 1.807) is 19.4 Å². The van der Waals surface area contributed by atoms with Crippen LogP contribution in [0.4, 0.5) is 5.82 Å². The molecule has 15 heavy (non-hydrogen) atoms. The Morgan fingerprint density at radius 2 is 2.27 bits per heavy atom. The Morgan fingerprint density at radius 1 is 1.53 bits per heavy atom. The molecule has 0 aromatic carbocycles. The molecule has 1 aromatic rings. The summed E-state index contributed by atoms with van der Waals surface area (Å²) in [5.74, 6) is 1.18. The minimum atomic E-state index is 0.223. The van der Waals surface area contributed by atoms with Crippen molar-refractivity contribution < 1.29 is 4.74 Å². The molecule has 1 N–H and O–H groups in total. The van der Waals surface area contributed by atoms with E-state index in [2.05, 4.69) is 29.1 Å². The van der Waals surface area contributed by atoms with Crippen molar-refractivity contribution in [3.8, 4) is 0 Å². The maximum atomic E-state index is 5.69. The Balaban J connectivity index is 2.65. The van der Waals surface area contributed by atoms with Crippen molar-refractivity contribution >= 4 is 17.4 Å². The molecular weight excluding hydrogens is 214 g/mol. The first kappa shape index (κ1) is 12.2. The van der Waals surface area contributed by atoms with Crippen molar-refractivity contribution in [1.29, 1.82) is 0 Å². The van der Waals surface area contributed by atoms with E-state index in [1.165, 1.54) is 0 Å². The van der Waals surface area contributed by atoms with Crippen LogP contribution in [0.1, 0.15) is 13.8 Å². The van der Waals surface area contributed by atoms with Gasteiger partial charge in [0.15, 0.2) is 0 Å². The average Bonchev–Trinajstić information content (AvgIpc) is 2.17. The molecule has 1 rings (SSSR count). The molecule has 5 heteroatoms. The van der Waals surface area contributed by atoms with E-state index in [0.29, 0.717) is 12.5 Å². The van der Waals surface area contributed by atoms with Gasteiger partial charge in [-0.2, -0.15) is 0 Å². The highest BCUT2D eigenvalue weighted by molar-refractivity contribution is 6.28. The predicted molar refractivity (Wildman–Crippen MR) is 61.2 cm³/mol. The molecule has 1 aromatic heterocycles. The van der Waals surface area contributed by atoms with Crippen LogP contribution in [0.25, 0.3) is 0 Å². The molecule has 1 atom stereocenters. The summed E-state index contributed by atoms with van der Waals surface area (Å²) >= 11 is 5.69. The molecule has 0 radical (unpaired) electrons. The molecule has 0 fully saturated rings. The van der Waals surface area contributed by atoms with Crippen LogP contribution < -0.4 is 5.32 Å². The normalized spacial score (nSPS) is 12.9. The fourth-order valence-electron chi connectivity index (χ4n) is 1.19. The number of hydrogen-bond acceptors (Lipinski definition) is 4. The summed E-state index contributed by atoms with van der Waals surface area (Å²) in [6.07, 6.45) is 1.63. The van der Waals surface area contributed by atoms with Crippen molar-refractivity contribution in [1.82, 2.24) is 9.97 Å². The number of aromatic nitrogens is 2. The lowest BCUT2D eigenvalue weighted by atomic mass is 10.1. The van der Waals surface area contributed by atoms with Crippen LogP contribution in [0.5, 0.6) is 0 Å². The Hall–Kier alpha value is -0.870. The number of nitrogens with zero attached hydrogens (tertiary/aromatic N) is 2. The quantitative estimate of drug-likeness (QED) is 0.787. The number of halogens is 1. The monoisotopic (exact) mass is 229 g/mol. The van der Waals surface area contributed by atoms with Crippen LogP contribution in [0.15, 0.2) is 12.3 Å². The molecule has 84 valence electrons. The maximum Gasteiger partial charge on any atom is 0.224 e. The maximum absolute atomic E-state index is 5.69. The van der Waals surface area contributed by atoms with Crippen molar-refractivity contribution in [3.05, 3.63) is 17.5 Å². The summed E-state index contributed by atoms with van der Waals surface area (Å²) in [6, 6.07) is 2.01. The van der Waals surface area contributed by atoms with Crippen LogP contribution in [0.2, 0.25) is 5.28 Å². The molecule has 0 aliphatic heterocycles. The summed E-state index contributed by atoms with van der Waals surface area (Å²) < 4.78 is 5.13.